The number of amides is 1. The fourth-order valence-corrected chi connectivity index (χ4v) is 3.34. The van der Waals surface area contributed by atoms with Gasteiger partial charge in [0.15, 0.2) is 5.96 Å². The summed E-state index contributed by atoms with van der Waals surface area (Å²) < 4.78 is 5.44. The Morgan fingerprint density at radius 1 is 1.26 bits per heavy atom. The van der Waals surface area contributed by atoms with Crippen LogP contribution >= 0.6 is 11.3 Å². The Bertz CT molecular complexity index is 590. The molecular weight excluding hydrogens is 362 g/mol. The summed E-state index contributed by atoms with van der Waals surface area (Å²) in [5.41, 5.74) is -0.441. The lowest BCUT2D eigenvalue weighted by Gasteiger charge is -2.35. The molecule has 0 saturated carbocycles. The summed E-state index contributed by atoms with van der Waals surface area (Å²) in [7, 11) is 0. The lowest BCUT2D eigenvalue weighted by atomic mass is 10.2. The summed E-state index contributed by atoms with van der Waals surface area (Å²) in [6, 6.07) is 4.15. The van der Waals surface area contributed by atoms with Crippen LogP contribution in [0.15, 0.2) is 22.5 Å². The largest absolute Gasteiger partial charge is 0.444 e. The highest BCUT2D eigenvalue weighted by Crippen LogP contribution is 2.12. The van der Waals surface area contributed by atoms with Crippen molar-refractivity contribution in [3.8, 4) is 0 Å². The Morgan fingerprint density at radius 2 is 2.00 bits per heavy atom. The number of thiophene rings is 1. The molecule has 1 aliphatic rings. The van der Waals surface area contributed by atoms with E-state index in [0.29, 0.717) is 19.6 Å². The van der Waals surface area contributed by atoms with Gasteiger partial charge >= 0.3 is 6.09 Å². The van der Waals surface area contributed by atoms with E-state index in [1.54, 1.807) is 16.2 Å². The molecule has 152 valence electrons. The Labute approximate surface area is 166 Å². The van der Waals surface area contributed by atoms with Crippen LogP contribution in [-0.2, 0) is 11.3 Å². The van der Waals surface area contributed by atoms with E-state index in [0.717, 1.165) is 38.7 Å². The van der Waals surface area contributed by atoms with Crippen LogP contribution in [-0.4, -0.2) is 73.3 Å². The van der Waals surface area contributed by atoms with Gasteiger partial charge in [-0.2, -0.15) is 0 Å². The predicted molar refractivity (Wildman–Crippen MR) is 111 cm³/mol. The molecule has 2 N–H and O–H groups in total. The summed E-state index contributed by atoms with van der Waals surface area (Å²) in [5.74, 6) is 0.846. The lowest BCUT2D eigenvalue weighted by Crippen LogP contribution is -2.51. The van der Waals surface area contributed by atoms with Gasteiger partial charge in [0.25, 0.3) is 0 Å². The quantitative estimate of drug-likeness (QED) is 0.572. The molecule has 8 heteroatoms. The predicted octanol–water partition coefficient (Wildman–Crippen LogP) is 2.36. The van der Waals surface area contributed by atoms with Crippen LogP contribution < -0.4 is 10.6 Å². The van der Waals surface area contributed by atoms with Crippen molar-refractivity contribution in [1.29, 1.82) is 0 Å². The second-order valence-electron chi connectivity index (χ2n) is 7.51. The fourth-order valence-electron chi connectivity index (χ4n) is 2.71. The summed E-state index contributed by atoms with van der Waals surface area (Å²) in [4.78, 5) is 22.1. The van der Waals surface area contributed by atoms with E-state index in [1.807, 2.05) is 26.8 Å². The Balaban J connectivity index is 1.69. The average Bonchev–Trinajstić information content (AvgIpc) is 3.12. The number of guanidine groups is 1. The van der Waals surface area contributed by atoms with Gasteiger partial charge in [-0.3, -0.25) is 4.90 Å². The standard InChI is InChI=1S/C19H33N5O2S/c1-5-20-17(22-15-16-7-6-14-27-16)21-8-9-23-10-12-24(13-11-23)18(25)26-19(2,3)4/h6-7,14H,5,8-13,15H2,1-4H3,(H2,20,21,22). The zero-order valence-corrected chi connectivity index (χ0v) is 17.8. The number of ether oxygens (including phenoxy) is 1. The van der Waals surface area contributed by atoms with Crippen molar-refractivity contribution in [1.82, 2.24) is 20.4 Å². The molecule has 0 atom stereocenters. The van der Waals surface area contributed by atoms with Crippen LogP contribution in [0.3, 0.4) is 0 Å². The first-order chi connectivity index (χ1) is 12.9. The molecule has 27 heavy (non-hydrogen) atoms. The maximum absolute atomic E-state index is 12.1. The molecular formula is C19H33N5O2S. The van der Waals surface area contributed by atoms with Gasteiger partial charge in [0.2, 0.25) is 0 Å². The van der Waals surface area contributed by atoms with Crippen molar-refractivity contribution < 1.29 is 9.53 Å². The molecule has 1 aromatic rings. The lowest BCUT2D eigenvalue weighted by molar-refractivity contribution is 0.0147. The number of hydrogen-bond donors (Lipinski definition) is 2. The number of carbonyl (C=O) groups is 1. The summed E-state index contributed by atoms with van der Waals surface area (Å²) in [6.07, 6.45) is -0.213. The number of piperazine rings is 1. The minimum absolute atomic E-state index is 0.213. The second-order valence-corrected chi connectivity index (χ2v) is 8.54. The minimum Gasteiger partial charge on any atom is -0.444 e. The molecule has 1 saturated heterocycles. The normalized spacial score (nSPS) is 16.3. The van der Waals surface area contributed by atoms with Crippen LogP contribution in [0.2, 0.25) is 0 Å². The van der Waals surface area contributed by atoms with E-state index in [-0.39, 0.29) is 6.09 Å². The van der Waals surface area contributed by atoms with Gasteiger partial charge in [0, 0.05) is 50.7 Å². The highest BCUT2D eigenvalue weighted by atomic mass is 32.1. The van der Waals surface area contributed by atoms with Gasteiger partial charge in [-0.15, -0.1) is 11.3 Å². The van der Waals surface area contributed by atoms with Crippen LogP contribution in [0.1, 0.15) is 32.6 Å². The number of nitrogens with zero attached hydrogens (tertiary/aromatic N) is 3. The molecule has 2 heterocycles. The molecule has 0 spiro atoms. The summed E-state index contributed by atoms with van der Waals surface area (Å²) in [5, 5.41) is 8.75. The maximum atomic E-state index is 12.1. The Hall–Kier alpha value is -1.80. The molecule has 2 rings (SSSR count). The van der Waals surface area contributed by atoms with E-state index in [2.05, 4.69) is 38.9 Å². The van der Waals surface area contributed by atoms with E-state index >= 15 is 0 Å². The third-order valence-corrected chi connectivity index (χ3v) is 4.92. The van der Waals surface area contributed by atoms with Gasteiger partial charge in [0.1, 0.15) is 5.60 Å². The maximum Gasteiger partial charge on any atom is 0.410 e. The number of aliphatic imine (C=N–C) groups is 1. The van der Waals surface area contributed by atoms with Crippen LogP contribution in [0, 0.1) is 0 Å². The molecule has 0 bridgehead atoms. The topological polar surface area (TPSA) is 69.2 Å². The smallest absolute Gasteiger partial charge is 0.410 e. The van der Waals surface area contributed by atoms with Gasteiger partial charge < -0.3 is 20.3 Å². The molecule has 1 fully saturated rings. The number of carbonyl (C=O) groups excluding carboxylic acids is 1. The first-order valence-corrected chi connectivity index (χ1v) is 10.5. The van der Waals surface area contributed by atoms with E-state index in [4.69, 9.17) is 4.74 Å². The van der Waals surface area contributed by atoms with Crippen molar-refractivity contribution in [3.05, 3.63) is 22.4 Å². The van der Waals surface area contributed by atoms with E-state index < -0.39 is 5.60 Å². The second kappa shape index (κ2) is 10.5. The molecule has 0 aliphatic carbocycles. The van der Waals surface area contributed by atoms with Crippen molar-refractivity contribution in [3.63, 3.8) is 0 Å². The zero-order chi connectivity index (χ0) is 19.7. The fraction of sp³-hybridized carbons (Fsp3) is 0.684. The van der Waals surface area contributed by atoms with Crippen LogP contribution in [0.5, 0.6) is 0 Å². The Kier molecular flexibility index (Phi) is 8.37. The third kappa shape index (κ3) is 8.17. The third-order valence-electron chi connectivity index (χ3n) is 4.06. The van der Waals surface area contributed by atoms with Crippen LogP contribution in [0.4, 0.5) is 4.79 Å². The molecule has 7 nitrogen and oxygen atoms in total. The van der Waals surface area contributed by atoms with Gasteiger partial charge in [-0.05, 0) is 39.1 Å². The van der Waals surface area contributed by atoms with E-state index in [9.17, 15) is 4.79 Å². The molecule has 0 unspecified atom stereocenters. The minimum atomic E-state index is -0.441. The van der Waals surface area contributed by atoms with Crippen LogP contribution in [0.25, 0.3) is 0 Å². The van der Waals surface area contributed by atoms with Gasteiger partial charge in [-0.1, -0.05) is 6.07 Å². The highest BCUT2D eigenvalue weighted by Gasteiger charge is 2.25. The number of hydrogen-bond acceptors (Lipinski definition) is 5. The van der Waals surface area contributed by atoms with Crippen molar-refractivity contribution >= 4 is 23.4 Å². The monoisotopic (exact) mass is 395 g/mol. The molecule has 0 aromatic carbocycles. The van der Waals surface area contributed by atoms with Gasteiger partial charge in [-0.25, -0.2) is 9.79 Å². The summed E-state index contributed by atoms with van der Waals surface area (Å²) >= 11 is 1.72. The van der Waals surface area contributed by atoms with Crippen molar-refractivity contribution in [2.75, 3.05) is 45.8 Å². The number of rotatable bonds is 6. The van der Waals surface area contributed by atoms with Crippen molar-refractivity contribution in [2.45, 2.75) is 39.8 Å². The zero-order valence-electron chi connectivity index (χ0n) is 17.0. The first-order valence-electron chi connectivity index (χ1n) is 9.62. The highest BCUT2D eigenvalue weighted by molar-refractivity contribution is 7.09. The molecule has 1 amide bonds. The van der Waals surface area contributed by atoms with E-state index in [1.165, 1.54) is 4.88 Å². The molecule has 0 radical (unpaired) electrons. The molecule has 1 aromatic heterocycles. The Morgan fingerprint density at radius 3 is 2.59 bits per heavy atom. The van der Waals surface area contributed by atoms with Gasteiger partial charge in [0.05, 0.1) is 6.54 Å². The summed E-state index contributed by atoms with van der Waals surface area (Å²) in [6.45, 7) is 14.2. The first kappa shape index (κ1) is 21.5. The SMILES string of the molecule is CCNC(=NCc1cccs1)NCCN1CCN(C(=O)OC(C)(C)C)CC1. The number of nitrogens with one attached hydrogen (secondary N) is 2. The van der Waals surface area contributed by atoms with Crippen molar-refractivity contribution in [2.24, 2.45) is 4.99 Å². The average molecular weight is 396 g/mol. The molecule has 1 aliphatic heterocycles.